The molecule has 0 fully saturated rings. The molecule has 3 nitrogen and oxygen atoms in total. The second-order valence-corrected chi connectivity index (χ2v) is 1.09. The third-order valence-corrected chi connectivity index (χ3v) is 0. The van der Waals surface area contributed by atoms with Gasteiger partial charge < -0.3 is 0 Å². The van der Waals surface area contributed by atoms with Crippen LogP contribution in [0.4, 0.5) is 0 Å². The molecule has 0 spiro atoms. The summed E-state index contributed by atoms with van der Waals surface area (Å²) in [6.07, 6.45) is 0. The molecule has 0 aromatic heterocycles. The molecule has 0 aliphatic rings. The number of hydrogen-bond donors (Lipinski definition) is 1. The van der Waals surface area contributed by atoms with E-state index in [0.29, 0.717) is 21.3 Å². The zero-order valence-corrected chi connectivity index (χ0v) is 3.95. The summed E-state index contributed by atoms with van der Waals surface area (Å²) in [5.41, 5.74) is 0. The molecule has 4 heteroatoms. The molecule has 23 valence electrons. The van der Waals surface area contributed by atoms with Crippen LogP contribution in [0.3, 0.4) is 0 Å². The molecule has 0 atom stereocenters. The standard InChI is InChI=1S/HNO2.Nb/c2-1-3;/h(H,2,3);. The van der Waals surface area contributed by atoms with Crippen LogP contribution in [0.2, 0.25) is 0 Å². The minimum absolute atomic E-state index is 0.200. The maximum absolute atomic E-state index is 8.94. The van der Waals surface area contributed by atoms with Crippen molar-refractivity contribution in [3.05, 3.63) is 4.91 Å². The molecule has 0 saturated carbocycles. The summed E-state index contributed by atoms with van der Waals surface area (Å²) in [7, 11) is 0. The third-order valence-electron chi connectivity index (χ3n) is 0. The Morgan fingerprint density at radius 1 is 2.00 bits per heavy atom. The van der Waals surface area contributed by atoms with E-state index in [-0.39, 0.29) is 3.33 Å². The normalized spacial score (nSPS) is 6.00. The van der Waals surface area contributed by atoms with Crippen LogP contribution >= 0.6 is 0 Å². The van der Waals surface area contributed by atoms with Crippen molar-refractivity contribution in [2.24, 2.45) is 0 Å². The zero-order chi connectivity index (χ0) is 3.58. The van der Waals surface area contributed by atoms with Crippen LogP contribution in [0.25, 0.3) is 0 Å². The van der Waals surface area contributed by atoms with Gasteiger partial charge in [0.2, 0.25) is 0 Å². The van der Waals surface area contributed by atoms with Crippen LogP contribution in [0.5, 0.6) is 0 Å². The van der Waals surface area contributed by atoms with Crippen LogP contribution < -0.4 is 0 Å². The van der Waals surface area contributed by atoms with Crippen LogP contribution in [-0.4, -0.2) is 8.53 Å². The Hall–Kier alpha value is 0.140. The molecule has 0 aromatic rings. The van der Waals surface area contributed by atoms with Crippen molar-refractivity contribution in [3.8, 4) is 0 Å². The third kappa shape index (κ3) is 141. The molecular weight excluding hydrogens is 139 g/mol. The zero-order valence-electron chi connectivity index (χ0n) is 1.75. The Balaban J connectivity index is 2.80. The quantitative estimate of drug-likeness (QED) is 0.367. The maximum atomic E-state index is 8.94. The van der Waals surface area contributed by atoms with Crippen molar-refractivity contribution in [1.29, 1.82) is 0 Å². The molecule has 0 aliphatic heterocycles. The number of nitrogens with zero attached hydrogens (tertiary/aromatic N) is 1. The topological polar surface area (TPSA) is 40.3 Å². The van der Waals surface area contributed by atoms with E-state index in [4.69, 9.17) is 10.1 Å². The summed E-state index contributed by atoms with van der Waals surface area (Å²) in [6.45, 7) is 0. The van der Waals surface area contributed by atoms with Gasteiger partial charge in [-0.1, -0.05) is 0 Å². The molecule has 0 unspecified atom stereocenters. The van der Waals surface area contributed by atoms with Crippen molar-refractivity contribution in [3.63, 3.8) is 0 Å². The molecule has 0 saturated heterocycles. The summed E-state index contributed by atoms with van der Waals surface area (Å²) in [5.74, 6) is 0. The van der Waals surface area contributed by atoms with E-state index in [1.54, 1.807) is 0 Å². The average Bonchev–Trinajstić information content (AvgIpc) is 0.811. The van der Waals surface area contributed by atoms with Crippen molar-refractivity contribution in [2.75, 3.05) is 0 Å². The van der Waals surface area contributed by atoms with Crippen LogP contribution in [0.15, 0.2) is 0 Å². The monoisotopic (exact) mass is 140 g/mol. The summed E-state index contributed by atoms with van der Waals surface area (Å²) >= 11 is 0.706. The number of rotatable bonds is 0. The van der Waals surface area contributed by atoms with E-state index >= 15 is 0 Å². The van der Waals surface area contributed by atoms with Gasteiger partial charge in [-0.05, 0) is 0 Å². The van der Waals surface area contributed by atoms with Gasteiger partial charge in [-0.15, -0.1) is 0 Å². The van der Waals surface area contributed by atoms with Gasteiger partial charge in [0, 0.05) is 0 Å². The van der Waals surface area contributed by atoms with Crippen LogP contribution in [0.1, 0.15) is 0 Å². The molecule has 4 heavy (non-hydrogen) atoms. The first kappa shape index (κ1) is 4.14. The van der Waals surface area contributed by atoms with Gasteiger partial charge in [0.1, 0.15) is 0 Å². The van der Waals surface area contributed by atoms with Crippen molar-refractivity contribution in [1.82, 2.24) is 0 Å². The predicted octanol–water partition coefficient (Wildman–Crippen LogP) is -0.384. The van der Waals surface area contributed by atoms with E-state index in [9.17, 15) is 0 Å². The molecule has 0 amide bonds. The van der Waals surface area contributed by atoms with Gasteiger partial charge in [0.15, 0.2) is 0 Å². The van der Waals surface area contributed by atoms with E-state index in [2.05, 4.69) is 0 Å². The van der Waals surface area contributed by atoms with Crippen molar-refractivity contribution >= 4 is 0 Å². The molecule has 0 radical (unpaired) electrons. The Morgan fingerprint density at radius 2 is 2.00 bits per heavy atom. The fourth-order valence-electron chi connectivity index (χ4n) is 0. The van der Waals surface area contributed by atoms with Gasteiger partial charge in [-0.2, -0.15) is 0 Å². The van der Waals surface area contributed by atoms with Gasteiger partial charge >= 0.3 is 34.8 Å². The molecule has 0 aliphatic carbocycles. The first-order chi connectivity index (χ1) is 1.73. The van der Waals surface area contributed by atoms with E-state index in [1.165, 1.54) is 0 Å². The summed E-state index contributed by atoms with van der Waals surface area (Å²) in [4.78, 5) is 8.94. The average molecular weight is 140 g/mol. The Kier molecular flexibility index (Phi) is 1.51. The summed E-state index contributed by atoms with van der Waals surface area (Å²) < 4.78 is -0.200. The Morgan fingerprint density at radius 3 is 2.00 bits per heavy atom. The van der Waals surface area contributed by atoms with Crippen molar-refractivity contribution < 1.29 is 29.9 Å². The molecule has 0 aromatic carbocycles. The fraction of sp³-hybridized carbons (Fsp3) is 0. The van der Waals surface area contributed by atoms with E-state index in [0.717, 1.165) is 0 Å². The fourth-order valence-corrected chi connectivity index (χ4v) is 0. The molecule has 1 N–H and O–H groups in total. The molecule has 0 heterocycles. The SMILES string of the molecule is O=[N+](O)[Nb-]. The van der Waals surface area contributed by atoms with Crippen LogP contribution in [-0.2, 0) is 21.3 Å². The molecule has 0 rings (SSSR count). The van der Waals surface area contributed by atoms with Gasteiger partial charge in [0.05, 0.1) is 0 Å². The number of hydrogen-bond acceptors (Lipinski definition) is 1. The second-order valence-electron chi connectivity index (χ2n) is 0.253. The molecule has 0 bridgehead atoms. The Bertz CT molecular complexity index is 29.0. The summed E-state index contributed by atoms with van der Waals surface area (Å²) in [6, 6.07) is 0. The van der Waals surface area contributed by atoms with Crippen LogP contribution in [0, 0.1) is 4.91 Å². The van der Waals surface area contributed by atoms with Gasteiger partial charge in [-0.25, -0.2) is 0 Å². The second kappa shape index (κ2) is 1.46. The first-order valence-corrected chi connectivity index (χ1v) is 1.57. The summed E-state index contributed by atoms with van der Waals surface area (Å²) in [5, 5.41) is 7.36. The van der Waals surface area contributed by atoms with E-state index < -0.39 is 0 Å². The predicted molar refractivity (Wildman–Crippen MR) is 5.41 cm³/mol. The minimum atomic E-state index is -0.200. The molecular formula is HNNbO2. The van der Waals surface area contributed by atoms with Gasteiger partial charge in [0.25, 0.3) is 0 Å². The van der Waals surface area contributed by atoms with Gasteiger partial charge in [-0.3, -0.25) is 0 Å². The van der Waals surface area contributed by atoms with Crippen molar-refractivity contribution in [2.45, 2.75) is 0 Å². The Labute approximate surface area is 35.4 Å². The van der Waals surface area contributed by atoms with E-state index in [1.807, 2.05) is 0 Å². The first-order valence-electron chi connectivity index (χ1n) is 0.583.